The fraction of sp³-hybridized carbons (Fsp3) is 0.455. The second kappa shape index (κ2) is 5.50. The Bertz CT molecular complexity index is 347. The second-order valence-electron chi connectivity index (χ2n) is 3.74. The number of phenols is 1. The van der Waals surface area contributed by atoms with Gasteiger partial charge in [-0.2, -0.15) is 0 Å². The van der Waals surface area contributed by atoms with Gasteiger partial charge in [-0.1, -0.05) is 11.6 Å². The number of likely N-dealkylation sites (N-methyl/N-ethyl adjacent to an activating group) is 1. The highest BCUT2D eigenvalue weighted by atomic mass is 35.5. The Labute approximate surface area is 99.5 Å². The summed E-state index contributed by atoms with van der Waals surface area (Å²) in [6.07, 6.45) is -1.94. The van der Waals surface area contributed by atoms with E-state index in [0.29, 0.717) is 11.1 Å². The van der Waals surface area contributed by atoms with Gasteiger partial charge in [0, 0.05) is 6.54 Å². The van der Waals surface area contributed by atoms with E-state index in [-0.39, 0.29) is 17.3 Å². The zero-order valence-electron chi connectivity index (χ0n) is 9.24. The molecule has 0 heterocycles. The van der Waals surface area contributed by atoms with Crippen LogP contribution in [0.2, 0.25) is 5.02 Å². The van der Waals surface area contributed by atoms with Crippen molar-refractivity contribution in [3.05, 3.63) is 28.3 Å². The first-order valence-electron chi connectivity index (χ1n) is 4.97. The summed E-state index contributed by atoms with van der Waals surface area (Å²) in [7, 11) is 1.69. The molecule has 5 heteroatoms. The fourth-order valence-corrected chi connectivity index (χ4v) is 1.75. The standard InChI is InChI=1S/C11H16ClNO3/c1-6-3-7(4-8(12)10(6)15)11(16)9(14)5-13-2/h3-4,9,11,13-16H,5H2,1-2H3. The molecule has 0 saturated carbocycles. The molecule has 0 radical (unpaired) electrons. The number of hydrogen-bond acceptors (Lipinski definition) is 4. The molecule has 4 nitrogen and oxygen atoms in total. The molecule has 0 bridgehead atoms. The molecule has 0 saturated heterocycles. The molecule has 0 aliphatic rings. The molecule has 0 amide bonds. The average molecular weight is 246 g/mol. The highest BCUT2D eigenvalue weighted by Crippen LogP contribution is 2.31. The lowest BCUT2D eigenvalue weighted by atomic mass is 10.0. The van der Waals surface area contributed by atoms with E-state index in [1.807, 2.05) is 0 Å². The summed E-state index contributed by atoms with van der Waals surface area (Å²) in [5, 5.41) is 31.8. The molecular formula is C11H16ClNO3. The topological polar surface area (TPSA) is 72.7 Å². The largest absolute Gasteiger partial charge is 0.506 e. The van der Waals surface area contributed by atoms with E-state index in [4.69, 9.17) is 11.6 Å². The molecular weight excluding hydrogens is 230 g/mol. The lowest BCUT2D eigenvalue weighted by Crippen LogP contribution is -2.29. The lowest BCUT2D eigenvalue weighted by molar-refractivity contribution is 0.0202. The highest BCUT2D eigenvalue weighted by molar-refractivity contribution is 6.32. The van der Waals surface area contributed by atoms with E-state index in [1.165, 1.54) is 6.07 Å². The quantitative estimate of drug-likeness (QED) is 0.638. The van der Waals surface area contributed by atoms with Crippen molar-refractivity contribution in [1.29, 1.82) is 0 Å². The van der Waals surface area contributed by atoms with Gasteiger partial charge in [0.25, 0.3) is 0 Å². The molecule has 4 N–H and O–H groups in total. The number of rotatable bonds is 4. The van der Waals surface area contributed by atoms with Gasteiger partial charge in [-0.25, -0.2) is 0 Å². The van der Waals surface area contributed by atoms with Gasteiger partial charge >= 0.3 is 0 Å². The van der Waals surface area contributed by atoms with Gasteiger partial charge < -0.3 is 20.6 Å². The molecule has 2 unspecified atom stereocenters. The molecule has 1 aromatic rings. The normalized spacial score (nSPS) is 14.8. The van der Waals surface area contributed by atoms with Crippen LogP contribution in [0.5, 0.6) is 5.75 Å². The van der Waals surface area contributed by atoms with Crippen LogP contribution in [0.4, 0.5) is 0 Å². The van der Waals surface area contributed by atoms with Crippen molar-refractivity contribution in [3.63, 3.8) is 0 Å². The number of aryl methyl sites for hydroxylation is 1. The fourth-order valence-electron chi connectivity index (χ4n) is 1.48. The first-order chi connectivity index (χ1) is 7.47. The molecule has 0 aromatic heterocycles. The third-order valence-corrected chi connectivity index (χ3v) is 2.68. The van der Waals surface area contributed by atoms with Gasteiger partial charge in [0.05, 0.1) is 11.1 Å². The summed E-state index contributed by atoms with van der Waals surface area (Å²) >= 11 is 5.79. The zero-order valence-corrected chi connectivity index (χ0v) is 9.99. The number of aromatic hydroxyl groups is 1. The minimum Gasteiger partial charge on any atom is -0.506 e. The van der Waals surface area contributed by atoms with Crippen molar-refractivity contribution in [1.82, 2.24) is 5.32 Å². The maximum absolute atomic E-state index is 9.83. The number of halogens is 1. The summed E-state index contributed by atoms with van der Waals surface area (Å²) in [6, 6.07) is 3.05. The maximum atomic E-state index is 9.83. The zero-order chi connectivity index (χ0) is 12.3. The van der Waals surface area contributed by atoms with Gasteiger partial charge in [0.1, 0.15) is 11.9 Å². The Balaban J connectivity index is 2.96. The third-order valence-electron chi connectivity index (χ3n) is 2.40. The number of nitrogens with one attached hydrogen (secondary N) is 1. The molecule has 0 spiro atoms. The van der Waals surface area contributed by atoms with Crippen molar-refractivity contribution < 1.29 is 15.3 Å². The predicted octanol–water partition coefficient (Wildman–Crippen LogP) is 0.968. The Hall–Kier alpha value is -0.810. The van der Waals surface area contributed by atoms with Crippen LogP contribution in [0.25, 0.3) is 0 Å². The van der Waals surface area contributed by atoms with Crippen LogP contribution in [0.1, 0.15) is 17.2 Å². The highest BCUT2D eigenvalue weighted by Gasteiger charge is 2.19. The van der Waals surface area contributed by atoms with Crippen LogP contribution in [-0.2, 0) is 0 Å². The molecule has 1 aromatic carbocycles. The van der Waals surface area contributed by atoms with E-state index in [1.54, 1.807) is 20.0 Å². The summed E-state index contributed by atoms with van der Waals surface area (Å²) < 4.78 is 0. The van der Waals surface area contributed by atoms with Crippen molar-refractivity contribution in [2.45, 2.75) is 19.1 Å². The van der Waals surface area contributed by atoms with Crippen LogP contribution in [-0.4, -0.2) is 35.0 Å². The van der Waals surface area contributed by atoms with Crippen LogP contribution >= 0.6 is 11.6 Å². The molecule has 2 atom stereocenters. The minimum atomic E-state index is -1.02. The molecule has 1 rings (SSSR count). The Morgan fingerprint density at radius 2 is 2.00 bits per heavy atom. The van der Waals surface area contributed by atoms with Crippen LogP contribution < -0.4 is 5.32 Å². The first kappa shape index (κ1) is 13.3. The first-order valence-corrected chi connectivity index (χ1v) is 5.35. The Morgan fingerprint density at radius 1 is 1.38 bits per heavy atom. The molecule has 16 heavy (non-hydrogen) atoms. The van der Waals surface area contributed by atoms with Gasteiger partial charge in [-0.15, -0.1) is 0 Å². The number of benzene rings is 1. The Kier molecular flexibility index (Phi) is 4.56. The van der Waals surface area contributed by atoms with Crippen molar-refractivity contribution in [2.24, 2.45) is 0 Å². The molecule has 0 aliphatic heterocycles. The monoisotopic (exact) mass is 245 g/mol. The van der Waals surface area contributed by atoms with E-state index in [2.05, 4.69) is 5.32 Å². The SMILES string of the molecule is CNCC(O)C(O)c1cc(C)c(O)c(Cl)c1. The van der Waals surface area contributed by atoms with Gasteiger partial charge in [0.15, 0.2) is 0 Å². The number of aliphatic hydroxyl groups excluding tert-OH is 2. The molecule has 90 valence electrons. The van der Waals surface area contributed by atoms with Gasteiger partial charge in [-0.3, -0.25) is 0 Å². The van der Waals surface area contributed by atoms with Crippen molar-refractivity contribution >= 4 is 11.6 Å². The summed E-state index contributed by atoms with van der Waals surface area (Å²) in [5.41, 5.74) is 1.06. The summed E-state index contributed by atoms with van der Waals surface area (Å²) in [6.45, 7) is 1.96. The van der Waals surface area contributed by atoms with Crippen molar-refractivity contribution in [3.8, 4) is 5.75 Å². The predicted molar refractivity (Wildman–Crippen MR) is 62.7 cm³/mol. The number of hydrogen-bond donors (Lipinski definition) is 4. The van der Waals surface area contributed by atoms with Gasteiger partial charge in [-0.05, 0) is 37.2 Å². The van der Waals surface area contributed by atoms with E-state index < -0.39 is 12.2 Å². The smallest absolute Gasteiger partial charge is 0.137 e. The molecule has 0 aliphatic carbocycles. The summed E-state index contributed by atoms with van der Waals surface area (Å²) in [4.78, 5) is 0. The van der Waals surface area contributed by atoms with Crippen LogP contribution in [0.15, 0.2) is 12.1 Å². The van der Waals surface area contributed by atoms with E-state index in [0.717, 1.165) is 0 Å². The maximum Gasteiger partial charge on any atom is 0.137 e. The van der Waals surface area contributed by atoms with E-state index in [9.17, 15) is 15.3 Å². The van der Waals surface area contributed by atoms with Crippen LogP contribution in [0, 0.1) is 6.92 Å². The average Bonchev–Trinajstić information content (AvgIpc) is 2.24. The number of phenolic OH excluding ortho intramolecular Hbond substituents is 1. The van der Waals surface area contributed by atoms with E-state index >= 15 is 0 Å². The minimum absolute atomic E-state index is 0.000669. The third kappa shape index (κ3) is 2.86. The van der Waals surface area contributed by atoms with Gasteiger partial charge in [0.2, 0.25) is 0 Å². The lowest BCUT2D eigenvalue weighted by Gasteiger charge is -2.18. The molecule has 0 fully saturated rings. The second-order valence-corrected chi connectivity index (χ2v) is 4.15. The van der Waals surface area contributed by atoms with Crippen LogP contribution in [0.3, 0.4) is 0 Å². The number of aliphatic hydroxyl groups is 2. The summed E-state index contributed by atoms with van der Waals surface area (Å²) in [5.74, 6) is 0.000669. The Morgan fingerprint density at radius 3 is 2.50 bits per heavy atom. The van der Waals surface area contributed by atoms with Crippen molar-refractivity contribution in [2.75, 3.05) is 13.6 Å².